The summed E-state index contributed by atoms with van der Waals surface area (Å²) in [7, 11) is 0. The number of amides is 1. The number of ether oxygens (including phenoxy) is 1. The molecule has 1 aromatic carbocycles. The molecule has 3 rings (SSSR count). The summed E-state index contributed by atoms with van der Waals surface area (Å²) in [5, 5.41) is 3.18. The molecule has 5 heteroatoms. The van der Waals surface area contributed by atoms with Crippen LogP contribution in [0.3, 0.4) is 0 Å². The van der Waals surface area contributed by atoms with E-state index in [9.17, 15) is 9.59 Å². The smallest absolute Gasteiger partial charge is 0.326 e. The van der Waals surface area contributed by atoms with Gasteiger partial charge >= 0.3 is 5.97 Å². The molecule has 3 atom stereocenters. The zero-order valence-corrected chi connectivity index (χ0v) is 15.3. The van der Waals surface area contributed by atoms with Crippen LogP contribution in [0.4, 0.5) is 5.69 Å². The maximum Gasteiger partial charge on any atom is 0.326 e. The summed E-state index contributed by atoms with van der Waals surface area (Å²) in [6.45, 7) is 6.93. The Morgan fingerprint density at radius 2 is 2.08 bits per heavy atom. The third-order valence-corrected chi connectivity index (χ3v) is 5.47. The molecule has 136 valence electrons. The average molecular weight is 344 g/mol. The van der Waals surface area contributed by atoms with Crippen molar-refractivity contribution in [2.24, 2.45) is 17.8 Å². The molecule has 0 radical (unpaired) electrons. The van der Waals surface area contributed by atoms with Crippen molar-refractivity contribution in [1.82, 2.24) is 4.90 Å². The molecule has 5 nitrogen and oxygen atoms in total. The second-order valence-corrected chi connectivity index (χ2v) is 7.74. The summed E-state index contributed by atoms with van der Waals surface area (Å²) in [5.41, 5.74) is 1.42. The maximum atomic E-state index is 12.5. The Hall–Kier alpha value is -2.04. The van der Waals surface area contributed by atoms with Crippen LogP contribution in [0.25, 0.3) is 0 Å². The first-order chi connectivity index (χ1) is 12.0. The van der Waals surface area contributed by atoms with E-state index in [0.29, 0.717) is 30.0 Å². The predicted octanol–water partition coefficient (Wildman–Crippen LogP) is 3.52. The Bertz CT molecular complexity index is 644. The summed E-state index contributed by atoms with van der Waals surface area (Å²) < 4.78 is 5.81. The van der Waals surface area contributed by atoms with E-state index in [1.54, 1.807) is 6.07 Å². The summed E-state index contributed by atoms with van der Waals surface area (Å²) >= 11 is 0. The highest BCUT2D eigenvalue weighted by Gasteiger charge is 2.34. The van der Waals surface area contributed by atoms with Crippen LogP contribution in [0, 0.1) is 17.8 Å². The van der Waals surface area contributed by atoms with Gasteiger partial charge in [0.15, 0.2) is 0 Å². The van der Waals surface area contributed by atoms with E-state index in [-0.39, 0.29) is 24.5 Å². The van der Waals surface area contributed by atoms with E-state index < -0.39 is 0 Å². The topological polar surface area (TPSA) is 58.6 Å². The largest absolute Gasteiger partial charge is 0.461 e. The average Bonchev–Trinajstić information content (AvgIpc) is 2.57. The van der Waals surface area contributed by atoms with Gasteiger partial charge in [-0.1, -0.05) is 39.3 Å². The van der Waals surface area contributed by atoms with E-state index in [2.05, 4.69) is 26.1 Å². The first-order valence-corrected chi connectivity index (χ1v) is 9.27. The van der Waals surface area contributed by atoms with Gasteiger partial charge in [-0.15, -0.1) is 0 Å². The summed E-state index contributed by atoms with van der Waals surface area (Å²) in [4.78, 5) is 26.5. The Morgan fingerprint density at radius 1 is 1.32 bits per heavy atom. The quantitative estimate of drug-likeness (QED) is 0.849. The summed E-state index contributed by atoms with van der Waals surface area (Å²) in [5.74, 6) is 1.06. The van der Waals surface area contributed by atoms with E-state index >= 15 is 0 Å². The molecule has 1 amide bonds. The van der Waals surface area contributed by atoms with Gasteiger partial charge in [0.25, 0.3) is 5.91 Å². The zero-order chi connectivity index (χ0) is 18.0. The maximum absolute atomic E-state index is 12.5. The Labute approximate surface area is 149 Å². The van der Waals surface area contributed by atoms with Gasteiger partial charge in [-0.05, 0) is 42.7 Å². The SMILES string of the molecule is CC(C)[C@@H]1CC[C@@H](C)C[C@H]1OC(=O)CN1CNc2ccccc2C1=O. The molecule has 1 saturated carbocycles. The van der Waals surface area contributed by atoms with E-state index in [4.69, 9.17) is 4.74 Å². The van der Waals surface area contributed by atoms with Crippen molar-refractivity contribution >= 4 is 17.6 Å². The molecule has 1 heterocycles. The van der Waals surface area contributed by atoms with Crippen molar-refractivity contribution in [2.45, 2.75) is 46.1 Å². The molecule has 2 aliphatic rings. The fourth-order valence-corrected chi connectivity index (χ4v) is 3.99. The molecular formula is C20H28N2O3. The van der Waals surface area contributed by atoms with Crippen LogP contribution in [0.5, 0.6) is 0 Å². The Balaban J connectivity index is 1.62. The molecule has 1 N–H and O–H groups in total. The minimum Gasteiger partial charge on any atom is -0.461 e. The molecule has 1 aliphatic heterocycles. The fraction of sp³-hybridized carbons (Fsp3) is 0.600. The van der Waals surface area contributed by atoms with Gasteiger partial charge in [0.1, 0.15) is 12.6 Å². The predicted molar refractivity (Wildman–Crippen MR) is 97.2 cm³/mol. The Morgan fingerprint density at radius 3 is 2.84 bits per heavy atom. The number of hydrogen-bond donors (Lipinski definition) is 1. The van der Waals surface area contributed by atoms with Crippen LogP contribution in [0.1, 0.15) is 50.4 Å². The lowest BCUT2D eigenvalue weighted by molar-refractivity contribution is -0.156. The molecule has 1 fully saturated rings. The lowest BCUT2D eigenvalue weighted by atomic mass is 9.75. The second-order valence-electron chi connectivity index (χ2n) is 7.74. The highest BCUT2D eigenvalue weighted by molar-refractivity contribution is 6.02. The van der Waals surface area contributed by atoms with Crippen molar-refractivity contribution in [1.29, 1.82) is 0 Å². The molecule has 1 aromatic rings. The van der Waals surface area contributed by atoms with Crippen LogP contribution >= 0.6 is 0 Å². The number of benzene rings is 1. The number of fused-ring (bicyclic) bond motifs is 1. The first-order valence-electron chi connectivity index (χ1n) is 9.27. The minimum absolute atomic E-state index is 0.00410. The highest BCUT2D eigenvalue weighted by Crippen LogP contribution is 2.35. The van der Waals surface area contributed by atoms with Crippen LogP contribution in [0.15, 0.2) is 24.3 Å². The number of carbonyl (C=O) groups is 2. The van der Waals surface area contributed by atoms with Crippen molar-refractivity contribution < 1.29 is 14.3 Å². The van der Waals surface area contributed by atoms with Crippen molar-refractivity contribution in [3.8, 4) is 0 Å². The van der Waals surface area contributed by atoms with E-state index in [1.165, 1.54) is 11.3 Å². The molecule has 1 aliphatic carbocycles. The summed E-state index contributed by atoms with van der Waals surface area (Å²) in [6, 6.07) is 7.37. The zero-order valence-electron chi connectivity index (χ0n) is 15.3. The van der Waals surface area contributed by atoms with Gasteiger partial charge in [-0.3, -0.25) is 9.59 Å². The second kappa shape index (κ2) is 7.46. The van der Waals surface area contributed by atoms with E-state index in [1.807, 2.05) is 18.2 Å². The molecule has 0 saturated heterocycles. The number of carbonyl (C=O) groups excluding carboxylic acids is 2. The minimum atomic E-state index is -0.306. The fourth-order valence-electron chi connectivity index (χ4n) is 3.99. The normalized spacial score (nSPS) is 26.2. The van der Waals surface area contributed by atoms with Gasteiger partial charge in [-0.2, -0.15) is 0 Å². The number of para-hydroxylation sites is 1. The number of anilines is 1. The van der Waals surface area contributed by atoms with Crippen LogP contribution in [-0.2, 0) is 9.53 Å². The van der Waals surface area contributed by atoms with Gasteiger partial charge in [0, 0.05) is 5.69 Å². The Kier molecular flexibility index (Phi) is 5.30. The first kappa shape index (κ1) is 17.8. The molecular weight excluding hydrogens is 316 g/mol. The number of hydrogen-bond acceptors (Lipinski definition) is 4. The van der Waals surface area contributed by atoms with Crippen molar-refractivity contribution in [3.63, 3.8) is 0 Å². The molecule has 25 heavy (non-hydrogen) atoms. The van der Waals surface area contributed by atoms with Crippen molar-refractivity contribution in [2.75, 3.05) is 18.5 Å². The number of nitrogens with zero attached hydrogens (tertiary/aromatic N) is 1. The molecule has 0 spiro atoms. The monoisotopic (exact) mass is 344 g/mol. The third kappa shape index (κ3) is 3.97. The van der Waals surface area contributed by atoms with Gasteiger partial charge in [0.2, 0.25) is 0 Å². The van der Waals surface area contributed by atoms with E-state index in [0.717, 1.165) is 18.5 Å². The molecule has 0 bridgehead atoms. The lowest BCUT2D eigenvalue weighted by Gasteiger charge is -2.37. The number of rotatable bonds is 4. The third-order valence-electron chi connectivity index (χ3n) is 5.47. The molecule has 0 aromatic heterocycles. The number of nitrogens with one attached hydrogen (secondary N) is 1. The standard InChI is InChI=1S/C20H28N2O3/c1-13(2)15-9-8-14(3)10-18(15)25-19(23)11-22-12-21-17-7-5-4-6-16(17)20(22)24/h4-7,13-15,18,21H,8-12H2,1-3H3/t14-,15+,18-/m1/s1. The lowest BCUT2D eigenvalue weighted by Crippen LogP contribution is -2.45. The van der Waals surface area contributed by atoms with Crippen LogP contribution in [-0.4, -0.2) is 36.1 Å². The van der Waals surface area contributed by atoms with Gasteiger partial charge in [0.05, 0.1) is 12.2 Å². The highest BCUT2D eigenvalue weighted by atomic mass is 16.5. The molecule has 0 unspecified atom stereocenters. The summed E-state index contributed by atoms with van der Waals surface area (Å²) in [6.07, 6.45) is 3.19. The van der Waals surface area contributed by atoms with Crippen molar-refractivity contribution in [3.05, 3.63) is 29.8 Å². The van der Waals surface area contributed by atoms with Gasteiger partial charge < -0.3 is 15.0 Å². The van der Waals surface area contributed by atoms with Gasteiger partial charge in [-0.25, -0.2) is 0 Å². The van der Waals surface area contributed by atoms with Crippen LogP contribution < -0.4 is 5.32 Å². The number of esters is 1. The van der Waals surface area contributed by atoms with Crippen LogP contribution in [0.2, 0.25) is 0 Å².